The van der Waals surface area contributed by atoms with Gasteiger partial charge < -0.3 is 4.74 Å². The summed E-state index contributed by atoms with van der Waals surface area (Å²) in [6.45, 7) is 0. The lowest BCUT2D eigenvalue weighted by Crippen LogP contribution is -2.01. The number of hydrogen-bond acceptors (Lipinski definition) is 2. The molecule has 0 amide bonds. The molecule has 1 aromatic rings. The molecule has 1 rings (SSSR count). The van der Waals surface area contributed by atoms with Gasteiger partial charge >= 0.3 is 5.97 Å². The van der Waals surface area contributed by atoms with Crippen molar-refractivity contribution < 1.29 is 9.53 Å². The highest BCUT2D eigenvalue weighted by Crippen LogP contribution is 2.18. The third-order valence-electron chi connectivity index (χ3n) is 1.68. The van der Waals surface area contributed by atoms with Gasteiger partial charge in [-0.05, 0) is 34.1 Å². The highest BCUT2D eigenvalue weighted by Gasteiger charge is 2.06. The Kier molecular flexibility index (Phi) is 4.67. The monoisotopic (exact) mass is 286 g/mol. The van der Waals surface area contributed by atoms with Crippen molar-refractivity contribution in [2.45, 2.75) is 0 Å². The second-order valence-corrected chi connectivity index (χ2v) is 3.74. The van der Waals surface area contributed by atoms with Gasteiger partial charge in [-0.1, -0.05) is 11.8 Å². The summed E-state index contributed by atoms with van der Waals surface area (Å²) < 4.78 is 5.35. The molecular formula is C11H8BrClO2. The summed E-state index contributed by atoms with van der Waals surface area (Å²) in [5.41, 5.74) is 1.28. The lowest BCUT2D eigenvalue weighted by Gasteiger charge is -2.01. The first kappa shape index (κ1) is 12.1. The number of methoxy groups -OCH3 is 1. The fraction of sp³-hybridized carbons (Fsp3) is 0.182. The van der Waals surface area contributed by atoms with Crippen LogP contribution in [-0.4, -0.2) is 19.0 Å². The topological polar surface area (TPSA) is 26.3 Å². The first-order valence-corrected chi connectivity index (χ1v) is 5.44. The molecule has 0 aromatic heterocycles. The van der Waals surface area contributed by atoms with Crippen LogP contribution in [0.5, 0.6) is 0 Å². The van der Waals surface area contributed by atoms with Gasteiger partial charge in [0.15, 0.2) is 0 Å². The molecule has 4 heteroatoms. The summed E-state index contributed by atoms with van der Waals surface area (Å²) in [5.74, 6) is 5.52. The van der Waals surface area contributed by atoms with Crippen LogP contribution in [0.15, 0.2) is 22.7 Å². The highest BCUT2D eigenvalue weighted by atomic mass is 79.9. The second-order valence-electron chi connectivity index (χ2n) is 2.62. The molecule has 0 radical (unpaired) electrons. The van der Waals surface area contributed by atoms with Crippen LogP contribution in [0.1, 0.15) is 15.9 Å². The van der Waals surface area contributed by atoms with E-state index in [-0.39, 0.29) is 11.8 Å². The molecule has 2 nitrogen and oxygen atoms in total. The number of halogens is 2. The summed E-state index contributed by atoms with van der Waals surface area (Å²) >= 11 is 8.77. The van der Waals surface area contributed by atoms with Crippen LogP contribution < -0.4 is 0 Å². The minimum absolute atomic E-state index is 0.283. The summed E-state index contributed by atoms with van der Waals surface area (Å²) in [7, 11) is 1.34. The van der Waals surface area contributed by atoms with Crippen molar-refractivity contribution >= 4 is 33.5 Å². The molecule has 0 aliphatic heterocycles. The Labute approximate surface area is 102 Å². The molecule has 1 aromatic carbocycles. The number of carbonyl (C=O) groups excluding carboxylic acids is 1. The largest absolute Gasteiger partial charge is 0.465 e. The fourth-order valence-electron chi connectivity index (χ4n) is 0.990. The number of hydrogen-bond donors (Lipinski definition) is 0. The van der Waals surface area contributed by atoms with E-state index in [0.29, 0.717) is 5.56 Å². The number of carbonyl (C=O) groups is 1. The van der Waals surface area contributed by atoms with E-state index >= 15 is 0 Å². The average Bonchev–Trinajstić information content (AvgIpc) is 2.26. The summed E-state index contributed by atoms with van der Waals surface area (Å²) in [4.78, 5) is 11.2. The number of esters is 1. The van der Waals surface area contributed by atoms with Crippen molar-refractivity contribution in [2.24, 2.45) is 0 Å². The molecule has 15 heavy (non-hydrogen) atoms. The Morgan fingerprint density at radius 1 is 1.60 bits per heavy atom. The van der Waals surface area contributed by atoms with Crippen LogP contribution in [0.2, 0.25) is 0 Å². The minimum Gasteiger partial charge on any atom is -0.465 e. The van der Waals surface area contributed by atoms with E-state index in [2.05, 4.69) is 32.5 Å². The molecule has 0 spiro atoms. The van der Waals surface area contributed by atoms with Crippen LogP contribution in [-0.2, 0) is 4.74 Å². The highest BCUT2D eigenvalue weighted by molar-refractivity contribution is 9.10. The van der Waals surface area contributed by atoms with Crippen LogP contribution >= 0.6 is 27.5 Å². The summed E-state index contributed by atoms with van der Waals surface area (Å²) in [6, 6.07) is 5.08. The van der Waals surface area contributed by atoms with Gasteiger partial charge in [-0.2, -0.15) is 0 Å². The second kappa shape index (κ2) is 5.79. The molecule has 0 N–H and O–H groups in total. The average molecular weight is 288 g/mol. The van der Waals surface area contributed by atoms with E-state index in [9.17, 15) is 4.79 Å². The molecule has 0 heterocycles. The van der Waals surface area contributed by atoms with Crippen LogP contribution in [0, 0.1) is 11.8 Å². The Morgan fingerprint density at radius 3 is 2.87 bits per heavy atom. The molecule has 0 bridgehead atoms. The maximum Gasteiger partial charge on any atom is 0.337 e. The Bertz CT molecular complexity index is 432. The van der Waals surface area contributed by atoms with Crippen molar-refractivity contribution in [3.63, 3.8) is 0 Å². The predicted octanol–water partition coefficient (Wildman–Crippen LogP) is 2.83. The van der Waals surface area contributed by atoms with Gasteiger partial charge in [0, 0.05) is 10.0 Å². The molecule has 0 aliphatic rings. The molecule has 0 saturated carbocycles. The quantitative estimate of drug-likeness (QED) is 0.451. The zero-order chi connectivity index (χ0) is 11.3. The van der Waals surface area contributed by atoms with Crippen molar-refractivity contribution in [3.05, 3.63) is 33.8 Å². The molecule has 78 valence electrons. The predicted molar refractivity (Wildman–Crippen MR) is 63.1 cm³/mol. The molecule has 0 atom stereocenters. The Morgan fingerprint density at radius 2 is 2.33 bits per heavy atom. The molecule has 0 fully saturated rings. The van der Waals surface area contributed by atoms with Crippen molar-refractivity contribution in [3.8, 4) is 11.8 Å². The molecule has 0 aliphatic carbocycles. The van der Waals surface area contributed by atoms with Gasteiger partial charge in [0.25, 0.3) is 0 Å². The minimum atomic E-state index is -0.368. The van der Waals surface area contributed by atoms with Gasteiger partial charge in [-0.3, -0.25) is 0 Å². The lowest BCUT2D eigenvalue weighted by atomic mass is 10.1. The summed E-state index contributed by atoms with van der Waals surface area (Å²) in [6.07, 6.45) is 0. The van der Waals surface area contributed by atoms with E-state index in [4.69, 9.17) is 11.6 Å². The van der Waals surface area contributed by atoms with Crippen molar-refractivity contribution in [1.82, 2.24) is 0 Å². The van der Waals surface area contributed by atoms with Crippen molar-refractivity contribution in [2.75, 3.05) is 13.0 Å². The molecule has 0 saturated heterocycles. The Hall–Kier alpha value is -0.980. The third-order valence-corrected chi connectivity index (χ3v) is 2.47. The first-order valence-electron chi connectivity index (χ1n) is 4.11. The van der Waals surface area contributed by atoms with E-state index in [1.165, 1.54) is 7.11 Å². The van der Waals surface area contributed by atoms with E-state index in [0.717, 1.165) is 10.0 Å². The van der Waals surface area contributed by atoms with E-state index in [1.54, 1.807) is 18.2 Å². The molecule has 0 unspecified atom stereocenters. The normalized spacial score (nSPS) is 9.00. The van der Waals surface area contributed by atoms with Gasteiger partial charge in [-0.15, -0.1) is 11.6 Å². The van der Waals surface area contributed by atoms with Gasteiger partial charge in [0.1, 0.15) is 0 Å². The number of benzene rings is 1. The zero-order valence-corrected chi connectivity index (χ0v) is 10.4. The standard InChI is InChI=1S/C11H8BrClO2/c1-15-11(14)9-5-4-8(3-2-6-13)10(12)7-9/h4-5,7H,6H2,1H3. The first-order chi connectivity index (χ1) is 7.19. The Balaban J connectivity index is 3.03. The van der Waals surface area contributed by atoms with Crippen LogP contribution in [0.3, 0.4) is 0 Å². The maximum atomic E-state index is 11.2. The number of alkyl halides is 1. The molecular weight excluding hydrogens is 279 g/mol. The van der Waals surface area contributed by atoms with E-state index in [1.807, 2.05) is 0 Å². The van der Waals surface area contributed by atoms with Crippen LogP contribution in [0.4, 0.5) is 0 Å². The zero-order valence-electron chi connectivity index (χ0n) is 8.01. The van der Waals surface area contributed by atoms with Gasteiger partial charge in [0.05, 0.1) is 18.6 Å². The smallest absolute Gasteiger partial charge is 0.337 e. The number of ether oxygens (including phenoxy) is 1. The summed E-state index contributed by atoms with van der Waals surface area (Å²) in [5, 5.41) is 0. The fourth-order valence-corrected chi connectivity index (χ4v) is 1.53. The van der Waals surface area contributed by atoms with Crippen molar-refractivity contribution in [1.29, 1.82) is 0 Å². The number of rotatable bonds is 1. The van der Waals surface area contributed by atoms with Gasteiger partial charge in [-0.25, -0.2) is 4.79 Å². The van der Waals surface area contributed by atoms with Crippen LogP contribution in [0.25, 0.3) is 0 Å². The van der Waals surface area contributed by atoms with Gasteiger partial charge in [0.2, 0.25) is 0 Å². The maximum absolute atomic E-state index is 11.2. The van der Waals surface area contributed by atoms with E-state index < -0.39 is 0 Å². The SMILES string of the molecule is COC(=O)c1ccc(C#CCCl)c(Br)c1. The third kappa shape index (κ3) is 3.26. The lowest BCUT2D eigenvalue weighted by molar-refractivity contribution is 0.0600.